The van der Waals surface area contributed by atoms with E-state index < -0.39 is 5.92 Å². The largest absolute Gasteiger partial charge is 0.342 e. The second-order valence-corrected chi connectivity index (χ2v) is 8.33. The second-order valence-electron chi connectivity index (χ2n) is 7.27. The van der Waals surface area contributed by atoms with Gasteiger partial charge in [0.15, 0.2) is 0 Å². The molecule has 0 radical (unpaired) electrons. The number of amides is 2. The fourth-order valence-electron chi connectivity index (χ4n) is 3.43. The molecule has 1 atom stereocenters. The third kappa shape index (κ3) is 5.07. The van der Waals surface area contributed by atoms with Gasteiger partial charge in [0.1, 0.15) is 10.8 Å². The highest BCUT2D eigenvalue weighted by atomic mass is 32.1. The van der Waals surface area contributed by atoms with Crippen molar-refractivity contribution in [3.05, 3.63) is 76.5 Å². The summed E-state index contributed by atoms with van der Waals surface area (Å²) < 4.78 is 13.0. The van der Waals surface area contributed by atoms with Crippen LogP contribution in [0.4, 0.5) is 9.52 Å². The number of nitrogens with zero attached hydrogens (tertiary/aromatic N) is 3. The van der Waals surface area contributed by atoms with Gasteiger partial charge in [-0.15, -0.1) is 10.2 Å². The Morgan fingerprint density at radius 1 is 1.10 bits per heavy atom. The van der Waals surface area contributed by atoms with Crippen LogP contribution >= 0.6 is 11.3 Å². The minimum atomic E-state index is -0.410. The van der Waals surface area contributed by atoms with Gasteiger partial charge < -0.3 is 10.2 Å². The molecule has 2 amide bonds. The van der Waals surface area contributed by atoms with Crippen molar-refractivity contribution in [2.45, 2.75) is 19.3 Å². The lowest BCUT2D eigenvalue weighted by atomic mass is 10.1. The van der Waals surface area contributed by atoms with E-state index in [1.165, 1.54) is 23.5 Å². The summed E-state index contributed by atoms with van der Waals surface area (Å²) in [4.78, 5) is 26.6. The molecule has 1 fully saturated rings. The predicted octanol–water partition coefficient (Wildman–Crippen LogP) is 3.30. The van der Waals surface area contributed by atoms with Crippen molar-refractivity contribution in [1.29, 1.82) is 0 Å². The smallest absolute Gasteiger partial charge is 0.231 e. The van der Waals surface area contributed by atoms with E-state index in [2.05, 4.69) is 15.5 Å². The average molecular weight is 425 g/mol. The Hall–Kier alpha value is -3.13. The number of hydrogen-bond donors (Lipinski definition) is 1. The minimum absolute atomic E-state index is 0.0423. The maximum Gasteiger partial charge on any atom is 0.231 e. The first-order valence-electron chi connectivity index (χ1n) is 9.76. The molecule has 0 bridgehead atoms. The van der Waals surface area contributed by atoms with Gasteiger partial charge in [-0.1, -0.05) is 53.8 Å². The van der Waals surface area contributed by atoms with Crippen molar-refractivity contribution >= 4 is 28.3 Å². The lowest BCUT2D eigenvalue weighted by molar-refractivity contribution is -0.128. The quantitative estimate of drug-likeness (QED) is 0.632. The van der Waals surface area contributed by atoms with Crippen LogP contribution in [-0.4, -0.2) is 40.0 Å². The monoisotopic (exact) mass is 424 g/mol. The first-order valence-corrected chi connectivity index (χ1v) is 10.6. The van der Waals surface area contributed by atoms with E-state index in [4.69, 9.17) is 0 Å². The summed E-state index contributed by atoms with van der Waals surface area (Å²) in [7, 11) is 0. The van der Waals surface area contributed by atoms with Crippen LogP contribution in [0.5, 0.6) is 0 Å². The average Bonchev–Trinajstić information content (AvgIpc) is 3.34. The van der Waals surface area contributed by atoms with Gasteiger partial charge in [0.2, 0.25) is 16.9 Å². The number of likely N-dealkylation sites (tertiary alicyclic amines) is 1. The van der Waals surface area contributed by atoms with Crippen LogP contribution < -0.4 is 5.32 Å². The molecule has 0 unspecified atom stereocenters. The van der Waals surface area contributed by atoms with Gasteiger partial charge in [-0.3, -0.25) is 9.59 Å². The fourth-order valence-corrected chi connectivity index (χ4v) is 4.21. The van der Waals surface area contributed by atoms with E-state index in [1.54, 1.807) is 17.0 Å². The molecule has 1 aliphatic rings. The standard InChI is InChI=1S/C22H21FN4O2S/c23-18-8-6-15(7-9-18)10-11-27-14-17(13-20(27)28)21(29)24-22-26-25-19(30-22)12-16-4-2-1-3-5-16/h1-9,17H,10-14H2,(H,24,26,29)/t17-/m1/s1. The van der Waals surface area contributed by atoms with Crippen LogP contribution in [0.25, 0.3) is 0 Å². The molecule has 1 saturated heterocycles. The maximum absolute atomic E-state index is 13.0. The highest BCUT2D eigenvalue weighted by molar-refractivity contribution is 7.15. The molecule has 2 aromatic carbocycles. The zero-order valence-electron chi connectivity index (χ0n) is 16.3. The van der Waals surface area contributed by atoms with E-state index in [0.717, 1.165) is 16.1 Å². The zero-order chi connectivity index (χ0) is 20.9. The number of carbonyl (C=O) groups excluding carboxylic acids is 2. The van der Waals surface area contributed by atoms with Gasteiger partial charge in [0.25, 0.3) is 0 Å². The molecule has 1 aromatic heterocycles. The molecule has 8 heteroatoms. The van der Waals surface area contributed by atoms with Gasteiger partial charge in [-0.2, -0.15) is 0 Å². The van der Waals surface area contributed by atoms with E-state index in [1.807, 2.05) is 30.3 Å². The van der Waals surface area contributed by atoms with Crippen LogP contribution in [0.2, 0.25) is 0 Å². The molecule has 1 N–H and O–H groups in total. The first kappa shape index (κ1) is 20.2. The zero-order valence-corrected chi connectivity index (χ0v) is 17.1. The molecule has 4 rings (SSSR count). The Morgan fingerprint density at radius 3 is 2.63 bits per heavy atom. The Morgan fingerprint density at radius 2 is 1.87 bits per heavy atom. The van der Waals surface area contributed by atoms with E-state index in [9.17, 15) is 14.0 Å². The Bertz CT molecular complexity index is 1020. The fraction of sp³-hybridized carbons (Fsp3) is 0.273. The molecule has 1 aliphatic heterocycles. The maximum atomic E-state index is 13.0. The van der Waals surface area contributed by atoms with Crippen molar-refractivity contribution in [3.63, 3.8) is 0 Å². The van der Waals surface area contributed by atoms with Crippen molar-refractivity contribution in [1.82, 2.24) is 15.1 Å². The summed E-state index contributed by atoms with van der Waals surface area (Å²) in [5, 5.41) is 12.3. The van der Waals surface area contributed by atoms with Gasteiger partial charge in [-0.25, -0.2) is 4.39 Å². The number of nitrogens with one attached hydrogen (secondary N) is 1. The molecule has 6 nitrogen and oxygen atoms in total. The molecular formula is C22H21FN4O2S. The van der Waals surface area contributed by atoms with Crippen molar-refractivity contribution in [2.75, 3.05) is 18.4 Å². The SMILES string of the molecule is O=C(Nc1nnc(Cc2ccccc2)s1)[C@@H]1CC(=O)N(CCc2ccc(F)cc2)C1. The summed E-state index contributed by atoms with van der Waals surface area (Å²) >= 11 is 1.34. The molecule has 3 aromatic rings. The van der Waals surface area contributed by atoms with Crippen LogP contribution in [0.3, 0.4) is 0 Å². The lowest BCUT2D eigenvalue weighted by Crippen LogP contribution is -2.30. The van der Waals surface area contributed by atoms with Crippen LogP contribution in [0.15, 0.2) is 54.6 Å². The van der Waals surface area contributed by atoms with Gasteiger partial charge >= 0.3 is 0 Å². The van der Waals surface area contributed by atoms with Crippen LogP contribution in [0, 0.1) is 11.7 Å². The summed E-state index contributed by atoms with van der Waals surface area (Å²) in [5.74, 6) is -0.946. The molecule has 0 spiro atoms. The summed E-state index contributed by atoms with van der Waals surface area (Å²) in [6.45, 7) is 0.885. The van der Waals surface area contributed by atoms with Crippen LogP contribution in [0.1, 0.15) is 22.6 Å². The van der Waals surface area contributed by atoms with Crippen molar-refractivity contribution < 1.29 is 14.0 Å². The summed E-state index contributed by atoms with van der Waals surface area (Å²) in [6, 6.07) is 16.2. The molecule has 0 saturated carbocycles. The number of rotatable bonds is 7. The van der Waals surface area contributed by atoms with E-state index in [0.29, 0.717) is 31.1 Å². The van der Waals surface area contributed by atoms with Crippen molar-refractivity contribution in [2.24, 2.45) is 5.92 Å². The highest BCUT2D eigenvalue weighted by Gasteiger charge is 2.34. The molecule has 30 heavy (non-hydrogen) atoms. The van der Waals surface area contributed by atoms with Gasteiger partial charge in [0.05, 0.1) is 5.92 Å². The number of benzene rings is 2. The second kappa shape index (κ2) is 9.13. The Labute approximate surface area is 177 Å². The first-order chi connectivity index (χ1) is 14.6. The molecule has 154 valence electrons. The number of halogens is 1. The van der Waals surface area contributed by atoms with Gasteiger partial charge in [0, 0.05) is 25.9 Å². The van der Waals surface area contributed by atoms with E-state index in [-0.39, 0.29) is 24.1 Å². The lowest BCUT2D eigenvalue weighted by Gasteiger charge is -2.16. The summed E-state index contributed by atoms with van der Waals surface area (Å²) in [6.07, 6.45) is 1.47. The van der Waals surface area contributed by atoms with Crippen LogP contribution in [-0.2, 0) is 22.4 Å². The Balaban J connectivity index is 1.29. The molecule has 0 aliphatic carbocycles. The number of hydrogen-bond acceptors (Lipinski definition) is 5. The minimum Gasteiger partial charge on any atom is -0.342 e. The number of carbonyl (C=O) groups is 2. The van der Waals surface area contributed by atoms with E-state index >= 15 is 0 Å². The number of aromatic nitrogens is 2. The predicted molar refractivity (Wildman–Crippen MR) is 113 cm³/mol. The molecule has 2 heterocycles. The van der Waals surface area contributed by atoms with Gasteiger partial charge in [-0.05, 0) is 29.7 Å². The molecular weight excluding hydrogens is 403 g/mol. The third-order valence-electron chi connectivity index (χ3n) is 5.06. The normalized spacial score (nSPS) is 16.1. The topological polar surface area (TPSA) is 75.2 Å². The third-order valence-corrected chi connectivity index (χ3v) is 5.90. The highest BCUT2D eigenvalue weighted by Crippen LogP contribution is 2.23. The Kier molecular flexibility index (Phi) is 6.13. The number of anilines is 1. The van der Waals surface area contributed by atoms with Crippen molar-refractivity contribution in [3.8, 4) is 0 Å². The summed E-state index contributed by atoms with van der Waals surface area (Å²) in [5.41, 5.74) is 2.08.